The third kappa shape index (κ3) is 8.30. The van der Waals surface area contributed by atoms with Gasteiger partial charge in [-0.25, -0.2) is 4.99 Å². The largest absolute Gasteiger partial charge is 0.380 e. The van der Waals surface area contributed by atoms with Gasteiger partial charge in [-0.3, -0.25) is 4.79 Å². The second-order valence-corrected chi connectivity index (χ2v) is 7.73. The van der Waals surface area contributed by atoms with Gasteiger partial charge in [-0.2, -0.15) is 0 Å². The van der Waals surface area contributed by atoms with E-state index in [4.69, 9.17) is 4.74 Å². The molecule has 1 aromatic carbocycles. The monoisotopic (exact) mass is 388 g/mol. The molecule has 28 heavy (non-hydrogen) atoms. The molecule has 1 aliphatic rings. The number of rotatable bonds is 11. The van der Waals surface area contributed by atoms with Gasteiger partial charge in [-0.1, -0.05) is 32.4 Å². The molecule has 0 atom stereocenters. The van der Waals surface area contributed by atoms with Crippen LogP contribution in [-0.4, -0.2) is 38.2 Å². The first kappa shape index (κ1) is 22.2. The second kappa shape index (κ2) is 12.4. The predicted octanol–water partition coefficient (Wildman–Crippen LogP) is 3.54. The van der Waals surface area contributed by atoms with Crippen LogP contribution in [0.15, 0.2) is 29.3 Å². The minimum Gasteiger partial charge on any atom is -0.380 e. The summed E-state index contributed by atoms with van der Waals surface area (Å²) in [7, 11) is 0. The van der Waals surface area contributed by atoms with Crippen molar-refractivity contribution in [3.05, 3.63) is 29.8 Å². The topological polar surface area (TPSA) is 74.8 Å². The van der Waals surface area contributed by atoms with Gasteiger partial charge >= 0.3 is 0 Å². The van der Waals surface area contributed by atoms with Crippen molar-refractivity contribution in [3.63, 3.8) is 0 Å². The van der Waals surface area contributed by atoms with Gasteiger partial charge in [0.05, 0.1) is 13.2 Å². The van der Waals surface area contributed by atoms with Crippen LogP contribution in [0.4, 0.5) is 5.69 Å². The average molecular weight is 389 g/mol. The summed E-state index contributed by atoms with van der Waals surface area (Å²) in [5.74, 6) is 1.77. The Labute approximate surface area is 169 Å². The summed E-state index contributed by atoms with van der Waals surface area (Å²) in [5, 5.41) is 9.58. The number of anilines is 1. The number of nitrogens with zero attached hydrogens (tertiary/aromatic N) is 1. The molecule has 0 unspecified atom stereocenters. The number of hydrogen-bond donors (Lipinski definition) is 3. The Balaban J connectivity index is 1.79. The van der Waals surface area contributed by atoms with E-state index in [9.17, 15) is 4.79 Å². The molecule has 6 nitrogen and oxygen atoms in total. The summed E-state index contributed by atoms with van der Waals surface area (Å²) in [6, 6.07) is 7.92. The van der Waals surface area contributed by atoms with E-state index in [-0.39, 0.29) is 11.8 Å². The zero-order valence-corrected chi connectivity index (χ0v) is 17.6. The fourth-order valence-corrected chi connectivity index (χ4v) is 2.84. The summed E-state index contributed by atoms with van der Waals surface area (Å²) in [5.41, 5.74) is 1.91. The van der Waals surface area contributed by atoms with E-state index in [0.29, 0.717) is 19.1 Å². The maximum absolute atomic E-state index is 12.1. The molecule has 1 fully saturated rings. The van der Waals surface area contributed by atoms with Crippen molar-refractivity contribution in [2.45, 2.75) is 53.0 Å². The zero-order chi connectivity index (χ0) is 20.2. The van der Waals surface area contributed by atoms with E-state index < -0.39 is 0 Å². The SMILES string of the molecule is CCNC(=NCc1cccc(NC(=O)C2CCC2)c1)NCCOCCC(C)C. The number of ether oxygens (including phenoxy) is 1. The van der Waals surface area contributed by atoms with Gasteiger partial charge in [0, 0.05) is 31.3 Å². The van der Waals surface area contributed by atoms with Crippen LogP contribution in [0.2, 0.25) is 0 Å². The quantitative estimate of drug-likeness (QED) is 0.308. The molecule has 0 aliphatic heterocycles. The molecule has 3 N–H and O–H groups in total. The summed E-state index contributed by atoms with van der Waals surface area (Å²) in [4.78, 5) is 16.8. The van der Waals surface area contributed by atoms with Gasteiger partial charge in [0.15, 0.2) is 5.96 Å². The van der Waals surface area contributed by atoms with Crippen molar-refractivity contribution in [1.29, 1.82) is 0 Å². The third-order valence-corrected chi connectivity index (χ3v) is 4.81. The summed E-state index contributed by atoms with van der Waals surface area (Å²) in [6.07, 6.45) is 4.26. The number of hydrogen-bond acceptors (Lipinski definition) is 3. The number of benzene rings is 1. The number of carbonyl (C=O) groups excluding carboxylic acids is 1. The van der Waals surface area contributed by atoms with E-state index in [2.05, 4.69) is 34.8 Å². The van der Waals surface area contributed by atoms with Crippen LogP contribution in [0.25, 0.3) is 0 Å². The van der Waals surface area contributed by atoms with Gasteiger partial charge in [-0.15, -0.1) is 0 Å². The molecule has 156 valence electrons. The maximum Gasteiger partial charge on any atom is 0.227 e. The highest BCUT2D eigenvalue weighted by Gasteiger charge is 2.25. The lowest BCUT2D eigenvalue weighted by molar-refractivity contribution is -0.122. The average Bonchev–Trinajstić information content (AvgIpc) is 2.61. The van der Waals surface area contributed by atoms with Gasteiger partial charge in [0.2, 0.25) is 5.91 Å². The Kier molecular flexibility index (Phi) is 9.83. The molecule has 0 radical (unpaired) electrons. The lowest BCUT2D eigenvalue weighted by atomic mass is 9.85. The standard InChI is InChI=1S/C22H36N4O2/c1-4-23-22(24-12-14-28-13-11-17(2)3)25-16-18-7-5-10-20(15-18)26-21(27)19-8-6-9-19/h5,7,10,15,17,19H,4,6,8-9,11-14,16H2,1-3H3,(H,26,27)(H2,23,24,25). The number of carbonyl (C=O) groups is 1. The minimum absolute atomic E-state index is 0.138. The molecular weight excluding hydrogens is 352 g/mol. The molecule has 2 rings (SSSR count). The van der Waals surface area contributed by atoms with Crippen LogP contribution in [0, 0.1) is 11.8 Å². The molecule has 0 saturated heterocycles. The first-order chi connectivity index (χ1) is 13.6. The highest BCUT2D eigenvalue weighted by Crippen LogP contribution is 2.27. The Morgan fingerprint density at radius 1 is 1.25 bits per heavy atom. The lowest BCUT2D eigenvalue weighted by Crippen LogP contribution is -2.39. The molecule has 0 spiro atoms. The fraction of sp³-hybridized carbons (Fsp3) is 0.636. The summed E-state index contributed by atoms with van der Waals surface area (Å²) >= 11 is 0. The second-order valence-electron chi connectivity index (χ2n) is 7.73. The molecule has 0 heterocycles. The first-order valence-electron chi connectivity index (χ1n) is 10.6. The Hall–Kier alpha value is -2.08. The number of amides is 1. The zero-order valence-electron chi connectivity index (χ0n) is 17.6. The van der Waals surface area contributed by atoms with Crippen molar-refractivity contribution in [3.8, 4) is 0 Å². The Bertz CT molecular complexity index is 627. The van der Waals surface area contributed by atoms with Crippen molar-refractivity contribution in [2.24, 2.45) is 16.8 Å². The molecule has 1 saturated carbocycles. The molecule has 6 heteroatoms. The predicted molar refractivity (Wildman–Crippen MR) is 116 cm³/mol. The molecule has 1 aliphatic carbocycles. The summed E-state index contributed by atoms with van der Waals surface area (Å²) in [6.45, 7) is 9.99. The molecule has 0 aromatic heterocycles. The fourth-order valence-electron chi connectivity index (χ4n) is 2.84. The van der Waals surface area contributed by atoms with Crippen LogP contribution in [-0.2, 0) is 16.1 Å². The van der Waals surface area contributed by atoms with E-state index >= 15 is 0 Å². The van der Waals surface area contributed by atoms with Crippen LogP contribution >= 0.6 is 0 Å². The van der Waals surface area contributed by atoms with Crippen molar-refractivity contribution < 1.29 is 9.53 Å². The van der Waals surface area contributed by atoms with Crippen molar-refractivity contribution in [2.75, 3.05) is 31.6 Å². The number of guanidine groups is 1. The molecule has 0 bridgehead atoms. The van der Waals surface area contributed by atoms with Crippen molar-refractivity contribution >= 4 is 17.6 Å². The van der Waals surface area contributed by atoms with Crippen LogP contribution in [0.3, 0.4) is 0 Å². The van der Waals surface area contributed by atoms with Crippen LogP contribution in [0.5, 0.6) is 0 Å². The smallest absolute Gasteiger partial charge is 0.227 e. The van der Waals surface area contributed by atoms with Gasteiger partial charge in [-0.05, 0) is 49.8 Å². The normalized spacial score (nSPS) is 14.6. The maximum atomic E-state index is 12.1. The highest BCUT2D eigenvalue weighted by molar-refractivity contribution is 5.93. The Morgan fingerprint density at radius 2 is 2.07 bits per heavy atom. The van der Waals surface area contributed by atoms with Crippen molar-refractivity contribution in [1.82, 2.24) is 10.6 Å². The molecular formula is C22H36N4O2. The lowest BCUT2D eigenvalue weighted by Gasteiger charge is -2.24. The first-order valence-corrected chi connectivity index (χ1v) is 10.6. The highest BCUT2D eigenvalue weighted by atomic mass is 16.5. The van der Waals surface area contributed by atoms with Gasteiger partial charge < -0.3 is 20.7 Å². The summed E-state index contributed by atoms with van der Waals surface area (Å²) < 4.78 is 5.64. The van der Waals surface area contributed by atoms with Crippen LogP contribution < -0.4 is 16.0 Å². The molecule has 1 aromatic rings. The Morgan fingerprint density at radius 3 is 2.75 bits per heavy atom. The van der Waals surface area contributed by atoms with E-state index in [1.54, 1.807) is 0 Å². The van der Waals surface area contributed by atoms with E-state index in [1.165, 1.54) is 0 Å². The third-order valence-electron chi connectivity index (χ3n) is 4.81. The minimum atomic E-state index is 0.138. The van der Waals surface area contributed by atoms with E-state index in [0.717, 1.165) is 62.6 Å². The van der Waals surface area contributed by atoms with E-state index in [1.807, 2.05) is 31.2 Å². The van der Waals surface area contributed by atoms with Gasteiger partial charge in [0.1, 0.15) is 0 Å². The molecule has 1 amide bonds. The number of aliphatic imine (C=N–C) groups is 1. The van der Waals surface area contributed by atoms with Crippen LogP contribution in [0.1, 0.15) is 52.0 Å². The van der Waals surface area contributed by atoms with Gasteiger partial charge in [0.25, 0.3) is 0 Å². The number of nitrogens with one attached hydrogen (secondary N) is 3.